The molecule has 1 atom stereocenters. The first-order valence-corrected chi connectivity index (χ1v) is 5.54. The highest BCUT2D eigenvalue weighted by molar-refractivity contribution is 5.92. The van der Waals surface area contributed by atoms with Crippen molar-refractivity contribution in [1.82, 2.24) is 15.6 Å². The molecule has 0 radical (unpaired) electrons. The zero-order valence-corrected chi connectivity index (χ0v) is 9.36. The van der Waals surface area contributed by atoms with Gasteiger partial charge in [0, 0.05) is 25.2 Å². The quantitative estimate of drug-likeness (QED) is 0.636. The standard InChI is InChI=1S/C11H15N3O3/c15-10-3-1-2-9(14-10)11(16)13-6-8-7-17-5-4-12-8/h1-3,8,12H,4-7H2,(H,13,16)(H,14,15). The zero-order valence-electron chi connectivity index (χ0n) is 9.36. The maximum Gasteiger partial charge on any atom is 0.267 e. The fourth-order valence-electron chi connectivity index (χ4n) is 1.64. The van der Waals surface area contributed by atoms with Crippen LogP contribution in [0.1, 0.15) is 10.5 Å². The van der Waals surface area contributed by atoms with Crippen LogP contribution in [-0.4, -0.2) is 43.2 Å². The van der Waals surface area contributed by atoms with Crippen LogP contribution in [0.2, 0.25) is 0 Å². The molecule has 1 aromatic rings. The Balaban J connectivity index is 1.86. The smallest absolute Gasteiger partial charge is 0.267 e. The van der Waals surface area contributed by atoms with E-state index in [0.717, 1.165) is 6.54 Å². The van der Waals surface area contributed by atoms with Crippen molar-refractivity contribution in [3.8, 4) is 0 Å². The molecule has 92 valence electrons. The minimum atomic E-state index is -0.282. The third-order valence-corrected chi connectivity index (χ3v) is 2.52. The number of carbonyl (C=O) groups excluding carboxylic acids is 1. The molecule has 0 aromatic carbocycles. The van der Waals surface area contributed by atoms with Crippen LogP contribution in [0.4, 0.5) is 0 Å². The average Bonchev–Trinajstić information content (AvgIpc) is 2.37. The van der Waals surface area contributed by atoms with Crippen LogP contribution in [0.5, 0.6) is 0 Å². The summed E-state index contributed by atoms with van der Waals surface area (Å²) >= 11 is 0. The maximum atomic E-state index is 11.7. The number of ether oxygens (including phenoxy) is 1. The molecule has 0 bridgehead atoms. The van der Waals surface area contributed by atoms with Gasteiger partial charge in [-0.1, -0.05) is 6.07 Å². The molecule has 1 unspecified atom stereocenters. The number of aromatic nitrogens is 1. The molecule has 1 saturated heterocycles. The Morgan fingerprint density at radius 2 is 2.41 bits per heavy atom. The van der Waals surface area contributed by atoms with Gasteiger partial charge in [-0.15, -0.1) is 0 Å². The Morgan fingerprint density at radius 3 is 3.12 bits per heavy atom. The molecule has 0 saturated carbocycles. The number of hydrogen-bond donors (Lipinski definition) is 3. The number of H-pyrrole nitrogens is 1. The van der Waals surface area contributed by atoms with Crippen molar-refractivity contribution in [3.05, 3.63) is 34.2 Å². The van der Waals surface area contributed by atoms with Gasteiger partial charge in [0.25, 0.3) is 5.91 Å². The molecule has 2 rings (SSSR count). The molecule has 3 N–H and O–H groups in total. The normalized spacial score (nSPS) is 19.9. The summed E-state index contributed by atoms with van der Waals surface area (Å²) in [5, 5.41) is 5.97. The van der Waals surface area contributed by atoms with Gasteiger partial charge in [0.05, 0.1) is 13.2 Å². The summed E-state index contributed by atoms with van der Waals surface area (Å²) in [5.74, 6) is -0.282. The summed E-state index contributed by atoms with van der Waals surface area (Å²) < 4.78 is 5.27. The summed E-state index contributed by atoms with van der Waals surface area (Å²) in [6.07, 6.45) is 0. The van der Waals surface area contributed by atoms with Crippen LogP contribution in [0.3, 0.4) is 0 Å². The van der Waals surface area contributed by atoms with E-state index in [1.54, 1.807) is 12.1 Å². The number of pyridine rings is 1. The van der Waals surface area contributed by atoms with E-state index >= 15 is 0 Å². The summed E-state index contributed by atoms with van der Waals surface area (Å²) in [7, 11) is 0. The number of nitrogens with one attached hydrogen (secondary N) is 3. The van der Waals surface area contributed by atoms with Gasteiger partial charge in [-0.3, -0.25) is 9.59 Å². The van der Waals surface area contributed by atoms with Gasteiger partial charge in [-0.05, 0) is 6.07 Å². The summed E-state index contributed by atoms with van der Waals surface area (Å²) in [4.78, 5) is 25.2. The lowest BCUT2D eigenvalue weighted by molar-refractivity contribution is 0.0733. The van der Waals surface area contributed by atoms with Gasteiger partial charge in [0.15, 0.2) is 0 Å². The third kappa shape index (κ3) is 3.40. The minimum absolute atomic E-state index is 0.128. The SMILES string of the molecule is O=C(NCC1COCCN1)c1cccc(=O)[nH]1. The Hall–Kier alpha value is -1.66. The Bertz CT molecular complexity index is 438. The molecule has 1 aliphatic rings. The van der Waals surface area contributed by atoms with E-state index in [-0.39, 0.29) is 23.2 Å². The predicted octanol–water partition coefficient (Wildman–Crippen LogP) is -0.907. The van der Waals surface area contributed by atoms with Crippen LogP contribution < -0.4 is 16.2 Å². The maximum absolute atomic E-state index is 11.7. The van der Waals surface area contributed by atoms with Crippen LogP contribution in [-0.2, 0) is 4.74 Å². The molecule has 6 nitrogen and oxygen atoms in total. The van der Waals surface area contributed by atoms with Crippen LogP contribution in [0.25, 0.3) is 0 Å². The highest BCUT2D eigenvalue weighted by atomic mass is 16.5. The summed E-state index contributed by atoms with van der Waals surface area (Å²) in [5.41, 5.74) is -0.00833. The van der Waals surface area contributed by atoms with Gasteiger partial charge in [-0.2, -0.15) is 0 Å². The third-order valence-electron chi connectivity index (χ3n) is 2.52. The largest absolute Gasteiger partial charge is 0.378 e. The van der Waals surface area contributed by atoms with Crippen molar-refractivity contribution in [2.24, 2.45) is 0 Å². The first-order valence-electron chi connectivity index (χ1n) is 5.54. The van der Waals surface area contributed by atoms with Crippen molar-refractivity contribution < 1.29 is 9.53 Å². The highest BCUT2D eigenvalue weighted by Crippen LogP contribution is 1.93. The molecule has 0 aliphatic carbocycles. The fourth-order valence-corrected chi connectivity index (χ4v) is 1.64. The van der Waals surface area contributed by atoms with Crippen molar-refractivity contribution >= 4 is 5.91 Å². The van der Waals surface area contributed by atoms with Gasteiger partial charge >= 0.3 is 0 Å². The van der Waals surface area contributed by atoms with E-state index in [1.165, 1.54) is 6.07 Å². The van der Waals surface area contributed by atoms with E-state index in [0.29, 0.717) is 19.8 Å². The minimum Gasteiger partial charge on any atom is -0.378 e. The highest BCUT2D eigenvalue weighted by Gasteiger charge is 2.14. The van der Waals surface area contributed by atoms with Crippen molar-refractivity contribution in [2.45, 2.75) is 6.04 Å². The molecule has 6 heteroatoms. The number of rotatable bonds is 3. The first kappa shape index (κ1) is 11.8. The molecular formula is C11H15N3O3. The van der Waals surface area contributed by atoms with Crippen molar-refractivity contribution in [1.29, 1.82) is 0 Å². The van der Waals surface area contributed by atoms with E-state index in [9.17, 15) is 9.59 Å². The second-order valence-corrected chi connectivity index (χ2v) is 3.86. The molecular weight excluding hydrogens is 222 g/mol. The Morgan fingerprint density at radius 1 is 1.53 bits per heavy atom. The van der Waals surface area contributed by atoms with E-state index in [2.05, 4.69) is 15.6 Å². The number of carbonyl (C=O) groups is 1. The number of amides is 1. The Kier molecular flexibility index (Phi) is 3.89. The lowest BCUT2D eigenvalue weighted by Gasteiger charge is -2.23. The average molecular weight is 237 g/mol. The number of aromatic amines is 1. The molecule has 1 aliphatic heterocycles. The van der Waals surface area contributed by atoms with E-state index in [1.807, 2.05) is 0 Å². The monoisotopic (exact) mass is 237 g/mol. The molecule has 1 aromatic heterocycles. The zero-order chi connectivity index (χ0) is 12.1. The lowest BCUT2D eigenvalue weighted by Crippen LogP contribution is -2.48. The van der Waals surface area contributed by atoms with Crippen LogP contribution in [0, 0.1) is 0 Å². The molecule has 2 heterocycles. The van der Waals surface area contributed by atoms with Crippen LogP contribution in [0.15, 0.2) is 23.0 Å². The number of morpholine rings is 1. The van der Waals surface area contributed by atoms with Gasteiger partial charge in [0.2, 0.25) is 5.56 Å². The summed E-state index contributed by atoms with van der Waals surface area (Å²) in [6, 6.07) is 4.62. The van der Waals surface area contributed by atoms with Gasteiger partial charge in [0.1, 0.15) is 5.69 Å². The molecule has 0 spiro atoms. The van der Waals surface area contributed by atoms with E-state index in [4.69, 9.17) is 4.74 Å². The van der Waals surface area contributed by atoms with Crippen molar-refractivity contribution in [2.75, 3.05) is 26.3 Å². The fraction of sp³-hybridized carbons (Fsp3) is 0.455. The number of hydrogen-bond acceptors (Lipinski definition) is 4. The van der Waals surface area contributed by atoms with E-state index < -0.39 is 0 Å². The molecule has 17 heavy (non-hydrogen) atoms. The van der Waals surface area contributed by atoms with Crippen LogP contribution >= 0.6 is 0 Å². The second kappa shape index (κ2) is 5.60. The summed E-state index contributed by atoms with van der Waals surface area (Å²) in [6.45, 7) is 2.57. The van der Waals surface area contributed by atoms with Crippen molar-refractivity contribution in [3.63, 3.8) is 0 Å². The Labute approximate surface area is 98.4 Å². The lowest BCUT2D eigenvalue weighted by atomic mass is 10.2. The van der Waals surface area contributed by atoms with Gasteiger partial charge < -0.3 is 20.4 Å². The predicted molar refractivity (Wildman–Crippen MR) is 62.0 cm³/mol. The van der Waals surface area contributed by atoms with Gasteiger partial charge in [-0.25, -0.2) is 0 Å². The topological polar surface area (TPSA) is 83.2 Å². The molecule has 1 fully saturated rings. The first-order chi connectivity index (χ1) is 8.25. The second-order valence-electron chi connectivity index (χ2n) is 3.86. The molecule has 1 amide bonds.